The molecule has 0 aromatic carbocycles. The van der Waals surface area contributed by atoms with Crippen molar-refractivity contribution in [3.8, 4) is 0 Å². The van der Waals surface area contributed by atoms with Crippen molar-refractivity contribution in [1.29, 1.82) is 0 Å². The Labute approximate surface area is 108 Å². The van der Waals surface area contributed by atoms with Gasteiger partial charge in [0.05, 0.1) is 0 Å². The van der Waals surface area contributed by atoms with Gasteiger partial charge in [0.15, 0.2) is 0 Å². The lowest BCUT2D eigenvalue weighted by Crippen LogP contribution is -2.04. The lowest BCUT2D eigenvalue weighted by Gasteiger charge is -2.08. The molecular formula is C10H13N7S. The molecule has 2 N–H and O–H groups in total. The minimum absolute atomic E-state index is 0.477. The highest BCUT2D eigenvalue weighted by Gasteiger charge is 2.28. The van der Waals surface area contributed by atoms with Crippen molar-refractivity contribution in [2.75, 3.05) is 5.73 Å². The number of hydrogen-bond donors (Lipinski definition) is 1. The van der Waals surface area contributed by atoms with Gasteiger partial charge in [-0.3, -0.25) is 0 Å². The molecule has 18 heavy (non-hydrogen) atoms. The molecule has 0 atom stereocenters. The Morgan fingerprint density at radius 3 is 2.72 bits per heavy atom. The summed E-state index contributed by atoms with van der Waals surface area (Å²) in [5.74, 6) is 1.87. The number of nitrogen functional groups attached to an aromatic ring is 1. The van der Waals surface area contributed by atoms with Gasteiger partial charge in [-0.05, 0) is 42.0 Å². The Morgan fingerprint density at radius 2 is 2.11 bits per heavy atom. The maximum Gasteiger partial charge on any atom is 0.215 e. The summed E-state index contributed by atoms with van der Waals surface area (Å²) in [4.78, 5) is 8.92. The van der Waals surface area contributed by atoms with E-state index in [-0.39, 0.29) is 0 Å². The van der Waals surface area contributed by atoms with Gasteiger partial charge in [-0.1, -0.05) is 0 Å². The van der Waals surface area contributed by atoms with E-state index in [0.717, 1.165) is 29.3 Å². The topological polar surface area (TPSA) is 95.4 Å². The van der Waals surface area contributed by atoms with Crippen molar-refractivity contribution in [3.63, 3.8) is 0 Å². The summed E-state index contributed by atoms with van der Waals surface area (Å²) >= 11 is 1.42. The van der Waals surface area contributed by atoms with Gasteiger partial charge >= 0.3 is 0 Å². The smallest absolute Gasteiger partial charge is 0.215 e. The maximum atomic E-state index is 5.93. The van der Waals surface area contributed by atoms with E-state index < -0.39 is 0 Å². The lowest BCUT2D eigenvalue weighted by atomic mass is 10.3. The number of aromatic nitrogens is 6. The molecule has 0 aliphatic heterocycles. The molecule has 8 heteroatoms. The number of aryl methyl sites for hydroxylation is 1. The lowest BCUT2D eigenvalue weighted by molar-refractivity contribution is 0.664. The molecule has 1 aliphatic rings. The first-order valence-corrected chi connectivity index (χ1v) is 6.51. The van der Waals surface area contributed by atoms with Crippen LogP contribution in [0.25, 0.3) is 0 Å². The molecule has 94 valence electrons. The average molecular weight is 263 g/mol. The first-order valence-electron chi connectivity index (χ1n) is 5.69. The second kappa shape index (κ2) is 4.20. The van der Waals surface area contributed by atoms with Crippen molar-refractivity contribution >= 4 is 17.6 Å². The van der Waals surface area contributed by atoms with Gasteiger partial charge in [0.25, 0.3) is 0 Å². The number of rotatable bonds is 3. The van der Waals surface area contributed by atoms with E-state index in [4.69, 9.17) is 5.73 Å². The van der Waals surface area contributed by atoms with Crippen LogP contribution in [0.1, 0.15) is 30.1 Å². The summed E-state index contributed by atoms with van der Waals surface area (Å²) in [6.45, 7) is 1.91. The van der Waals surface area contributed by atoms with E-state index >= 15 is 0 Å². The fourth-order valence-corrected chi connectivity index (χ4v) is 2.36. The van der Waals surface area contributed by atoms with E-state index in [9.17, 15) is 0 Å². The van der Waals surface area contributed by atoms with E-state index in [1.54, 1.807) is 11.7 Å². The Kier molecular flexibility index (Phi) is 2.66. The van der Waals surface area contributed by atoms with Crippen LogP contribution in [-0.2, 0) is 7.05 Å². The van der Waals surface area contributed by atoms with E-state index in [1.807, 2.05) is 6.92 Å². The van der Waals surface area contributed by atoms with Crippen molar-refractivity contribution in [2.24, 2.45) is 7.05 Å². The van der Waals surface area contributed by atoms with E-state index in [0.29, 0.717) is 16.9 Å². The first kappa shape index (κ1) is 11.4. The molecule has 1 saturated carbocycles. The largest absolute Gasteiger partial charge is 0.383 e. The van der Waals surface area contributed by atoms with Gasteiger partial charge in [0, 0.05) is 18.5 Å². The van der Waals surface area contributed by atoms with Gasteiger partial charge < -0.3 is 5.73 Å². The normalized spacial score (nSPS) is 15.0. The third-order valence-electron chi connectivity index (χ3n) is 2.87. The predicted octanol–water partition coefficient (Wildman–Crippen LogP) is 0.919. The second-order valence-corrected chi connectivity index (χ2v) is 5.31. The van der Waals surface area contributed by atoms with Gasteiger partial charge in [-0.2, -0.15) is 0 Å². The zero-order valence-corrected chi connectivity index (χ0v) is 11.0. The summed E-state index contributed by atoms with van der Waals surface area (Å²) in [5.41, 5.74) is 6.81. The molecule has 7 nitrogen and oxygen atoms in total. The van der Waals surface area contributed by atoms with Gasteiger partial charge in [-0.25, -0.2) is 14.6 Å². The Bertz CT molecular complexity index is 590. The number of nitrogens with two attached hydrogens (primary N) is 1. The highest BCUT2D eigenvalue weighted by Crippen LogP contribution is 2.40. The van der Waals surface area contributed by atoms with Crippen LogP contribution in [-0.4, -0.2) is 30.2 Å². The Hall–Kier alpha value is -1.70. The number of tetrazole rings is 1. The molecule has 0 radical (unpaired) electrons. The number of nitrogens with zero attached hydrogens (tertiary/aromatic N) is 6. The Balaban J connectivity index is 1.97. The molecule has 2 aromatic rings. The van der Waals surface area contributed by atoms with Crippen LogP contribution in [0.3, 0.4) is 0 Å². The van der Waals surface area contributed by atoms with E-state index in [2.05, 4.69) is 25.5 Å². The molecule has 1 aliphatic carbocycles. The van der Waals surface area contributed by atoms with Crippen LogP contribution in [0.15, 0.2) is 10.2 Å². The van der Waals surface area contributed by atoms with Crippen LogP contribution in [0.2, 0.25) is 0 Å². The van der Waals surface area contributed by atoms with Gasteiger partial charge in [0.1, 0.15) is 16.7 Å². The summed E-state index contributed by atoms with van der Waals surface area (Å²) in [6.07, 6.45) is 2.30. The van der Waals surface area contributed by atoms with Crippen LogP contribution in [0, 0.1) is 6.92 Å². The summed E-state index contributed by atoms with van der Waals surface area (Å²) in [7, 11) is 1.80. The van der Waals surface area contributed by atoms with Crippen molar-refractivity contribution < 1.29 is 0 Å². The number of anilines is 1. The molecule has 2 heterocycles. The van der Waals surface area contributed by atoms with E-state index in [1.165, 1.54) is 11.8 Å². The molecule has 3 rings (SSSR count). The second-order valence-electron chi connectivity index (χ2n) is 4.36. The fraction of sp³-hybridized carbons (Fsp3) is 0.500. The zero-order valence-electron chi connectivity index (χ0n) is 10.2. The molecule has 0 bridgehead atoms. The molecule has 1 fully saturated rings. The first-order chi connectivity index (χ1) is 8.65. The third-order valence-corrected chi connectivity index (χ3v) is 3.99. The van der Waals surface area contributed by atoms with Crippen LogP contribution in [0.5, 0.6) is 0 Å². The quantitative estimate of drug-likeness (QED) is 0.822. The molecule has 0 spiro atoms. The standard InChI is InChI=1S/C10H13N7S/c1-5-7(11)12-8(6-3-4-6)13-9(5)18-10-14-15-16-17(10)2/h6H,3-4H2,1-2H3,(H2,11,12,13). The summed E-state index contributed by atoms with van der Waals surface area (Å²) in [5, 5.41) is 12.9. The molecule has 0 saturated heterocycles. The van der Waals surface area contributed by atoms with Crippen LogP contribution in [0.4, 0.5) is 5.82 Å². The fourth-order valence-electron chi connectivity index (χ4n) is 1.55. The molecule has 0 amide bonds. The van der Waals surface area contributed by atoms with Crippen molar-refractivity contribution in [1.82, 2.24) is 30.2 Å². The highest BCUT2D eigenvalue weighted by atomic mass is 32.2. The molecule has 2 aromatic heterocycles. The maximum absolute atomic E-state index is 5.93. The summed E-state index contributed by atoms with van der Waals surface area (Å²) < 4.78 is 1.61. The molecule has 0 unspecified atom stereocenters. The highest BCUT2D eigenvalue weighted by molar-refractivity contribution is 7.99. The third kappa shape index (κ3) is 2.03. The van der Waals surface area contributed by atoms with Crippen LogP contribution >= 0.6 is 11.8 Å². The molecular weight excluding hydrogens is 250 g/mol. The Morgan fingerprint density at radius 1 is 1.33 bits per heavy atom. The average Bonchev–Trinajstić information content (AvgIpc) is 3.11. The van der Waals surface area contributed by atoms with Gasteiger partial charge in [-0.15, -0.1) is 5.10 Å². The minimum atomic E-state index is 0.477. The van der Waals surface area contributed by atoms with Gasteiger partial charge in [0.2, 0.25) is 5.16 Å². The zero-order chi connectivity index (χ0) is 12.7. The summed E-state index contributed by atoms with van der Waals surface area (Å²) in [6, 6.07) is 0. The van der Waals surface area contributed by atoms with Crippen LogP contribution < -0.4 is 5.73 Å². The van der Waals surface area contributed by atoms with Crippen molar-refractivity contribution in [3.05, 3.63) is 11.4 Å². The number of hydrogen-bond acceptors (Lipinski definition) is 7. The predicted molar refractivity (Wildman–Crippen MR) is 66.1 cm³/mol. The monoisotopic (exact) mass is 263 g/mol. The SMILES string of the molecule is Cc1c(N)nc(C2CC2)nc1Sc1nnnn1C. The minimum Gasteiger partial charge on any atom is -0.383 e. The van der Waals surface area contributed by atoms with Crippen molar-refractivity contribution in [2.45, 2.75) is 35.9 Å².